The predicted octanol–water partition coefficient (Wildman–Crippen LogP) is 7.44. The molecule has 130 valence electrons. The van der Waals surface area contributed by atoms with Gasteiger partial charge < -0.3 is 0 Å². The molecule has 0 saturated carbocycles. The standard InChI is InChI=1S/C24H21BrS/c1-13-10-21-20(12-22-23(24(21)25)14(2)15(3)26-22)19(13)11-17-9-8-16-6-4-5-7-18(16)17/h4-10,12,17,22H,11H2,1-3H3. The Morgan fingerprint density at radius 2 is 1.88 bits per heavy atom. The lowest BCUT2D eigenvalue weighted by atomic mass is 9.85. The molecule has 1 aromatic carbocycles. The number of rotatable bonds is 2. The van der Waals surface area contributed by atoms with E-state index in [1.54, 1.807) is 0 Å². The van der Waals surface area contributed by atoms with Crippen molar-refractivity contribution in [3.8, 4) is 0 Å². The van der Waals surface area contributed by atoms with E-state index >= 15 is 0 Å². The first-order valence-corrected chi connectivity index (χ1v) is 10.9. The summed E-state index contributed by atoms with van der Waals surface area (Å²) in [6.45, 7) is 6.78. The highest BCUT2D eigenvalue weighted by Gasteiger charge is 2.36. The van der Waals surface area contributed by atoms with E-state index in [4.69, 9.17) is 0 Å². The number of hydrogen-bond acceptors (Lipinski definition) is 1. The fourth-order valence-electron chi connectivity index (χ4n) is 4.57. The third kappa shape index (κ3) is 2.35. The van der Waals surface area contributed by atoms with Gasteiger partial charge in [0.05, 0.1) is 5.25 Å². The monoisotopic (exact) mass is 420 g/mol. The van der Waals surface area contributed by atoms with Crippen molar-refractivity contribution in [2.75, 3.05) is 0 Å². The molecule has 1 heterocycles. The van der Waals surface area contributed by atoms with Crippen LogP contribution < -0.4 is 0 Å². The summed E-state index contributed by atoms with van der Waals surface area (Å²) < 4.78 is 1.30. The van der Waals surface area contributed by atoms with Gasteiger partial charge in [-0.25, -0.2) is 0 Å². The third-order valence-corrected chi connectivity index (χ3v) is 8.23. The van der Waals surface area contributed by atoms with Gasteiger partial charge in [-0.15, -0.1) is 11.8 Å². The summed E-state index contributed by atoms with van der Waals surface area (Å²) in [7, 11) is 0. The molecule has 0 radical (unpaired) electrons. The maximum Gasteiger partial charge on any atom is 0.0544 e. The molecule has 0 amide bonds. The molecule has 26 heavy (non-hydrogen) atoms. The Morgan fingerprint density at radius 3 is 2.73 bits per heavy atom. The Morgan fingerprint density at radius 1 is 1.08 bits per heavy atom. The van der Waals surface area contributed by atoms with Gasteiger partial charge in [0.25, 0.3) is 0 Å². The Bertz CT molecular complexity index is 1030. The molecular formula is C24H21BrS. The van der Waals surface area contributed by atoms with E-state index in [0.29, 0.717) is 11.2 Å². The van der Waals surface area contributed by atoms with Crippen LogP contribution in [0.3, 0.4) is 0 Å². The molecule has 3 aliphatic carbocycles. The molecule has 0 spiro atoms. The molecular weight excluding hydrogens is 400 g/mol. The largest absolute Gasteiger partial charge is 0.118 e. The zero-order valence-electron chi connectivity index (χ0n) is 15.3. The summed E-state index contributed by atoms with van der Waals surface area (Å²) in [4.78, 5) is 1.45. The van der Waals surface area contributed by atoms with E-state index in [9.17, 15) is 0 Å². The molecule has 0 saturated heterocycles. The van der Waals surface area contributed by atoms with Crippen LogP contribution >= 0.6 is 27.7 Å². The zero-order chi connectivity index (χ0) is 18.0. The molecule has 2 heteroatoms. The summed E-state index contributed by atoms with van der Waals surface area (Å²) in [5.41, 5.74) is 11.5. The second kappa shape index (κ2) is 6.00. The highest BCUT2D eigenvalue weighted by molar-refractivity contribution is 9.12. The first kappa shape index (κ1) is 16.6. The Kier molecular flexibility index (Phi) is 3.84. The molecule has 0 N–H and O–H groups in total. The van der Waals surface area contributed by atoms with Crippen LogP contribution in [0.5, 0.6) is 0 Å². The number of benzene rings is 1. The Balaban J connectivity index is 1.50. The molecule has 0 nitrogen and oxygen atoms in total. The van der Waals surface area contributed by atoms with Gasteiger partial charge in [-0.1, -0.05) is 42.5 Å². The number of hydrogen-bond donors (Lipinski definition) is 0. The third-order valence-electron chi connectivity index (χ3n) is 6.09. The van der Waals surface area contributed by atoms with E-state index in [-0.39, 0.29) is 0 Å². The summed E-state index contributed by atoms with van der Waals surface area (Å²) in [6.07, 6.45) is 10.6. The van der Waals surface area contributed by atoms with Gasteiger partial charge in [-0.3, -0.25) is 0 Å². The summed E-state index contributed by atoms with van der Waals surface area (Å²) in [5.74, 6) is 0.492. The molecule has 0 fully saturated rings. The van der Waals surface area contributed by atoms with Crippen LogP contribution in [0.2, 0.25) is 0 Å². The molecule has 2 unspecified atom stereocenters. The van der Waals surface area contributed by atoms with Crippen LogP contribution in [-0.4, -0.2) is 5.25 Å². The quantitative estimate of drug-likeness (QED) is 0.478. The van der Waals surface area contributed by atoms with E-state index < -0.39 is 0 Å². The van der Waals surface area contributed by atoms with E-state index in [2.05, 4.69) is 85.3 Å². The number of allylic oxidation sites excluding steroid dienone is 9. The van der Waals surface area contributed by atoms with Crippen molar-refractivity contribution in [3.63, 3.8) is 0 Å². The van der Waals surface area contributed by atoms with Crippen LogP contribution in [0.1, 0.15) is 44.2 Å². The van der Waals surface area contributed by atoms with Crippen molar-refractivity contribution in [1.29, 1.82) is 0 Å². The van der Waals surface area contributed by atoms with Crippen LogP contribution in [0.4, 0.5) is 0 Å². The summed E-state index contributed by atoms with van der Waals surface area (Å²) in [6, 6.07) is 8.80. The van der Waals surface area contributed by atoms with Gasteiger partial charge in [-0.05, 0) is 98.7 Å². The minimum atomic E-state index is 0.462. The normalized spacial score (nSPS) is 26.3. The van der Waals surface area contributed by atoms with Crippen molar-refractivity contribution in [2.24, 2.45) is 0 Å². The lowest BCUT2D eigenvalue weighted by Crippen LogP contribution is -2.11. The second-order valence-electron chi connectivity index (χ2n) is 7.55. The SMILES string of the molecule is CC1=C(CC2C=Cc3ccccc32)C2=CC3SC(C)=C(C)C3=C(Br)C2=C1. The first-order valence-electron chi connectivity index (χ1n) is 9.20. The van der Waals surface area contributed by atoms with Gasteiger partial charge in [0.2, 0.25) is 0 Å². The van der Waals surface area contributed by atoms with Gasteiger partial charge in [-0.2, -0.15) is 0 Å². The second-order valence-corrected chi connectivity index (χ2v) is 9.69. The number of halogens is 1. The van der Waals surface area contributed by atoms with Crippen molar-refractivity contribution in [1.82, 2.24) is 0 Å². The van der Waals surface area contributed by atoms with E-state index in [1.807, 2.05) is 11.8 Å². The first-order chi connectivity index (χ1) is 12.5. The molecule has 0 bridgehead atoms. The topological polar surface area (TPSA) is 0 Å². The lowest BCUT2D eigenvalue weighted by molar-refractivity contribution is 0.842. The van der Waals surface area contributed by atoms with Gasteiger partial charge in [0.1, 0.15) is 0 Å². The summed E-state index contributed by atoms with van der Waals surface area (Å²) >= 11 is 5.94. The van der Waals surface area contributed by atoms with E-state index in [1.165, 1.54) is 54.0 Å². The van der Waals surface area contributed by atoms with Crippen molar-refractivity contribution < 1.29 is 0 Å². The van der Waals surface area contributed by atoms with Crippen molar-refractivity contribution in [2.45, 2.75) is 38.4 Å². The molecule has 1 aromatic rings. The van der Waals surface area contributed by atoms with Gasteiger partial charge in [0.15, 0.2) is 0 Å². The average Bonchev–Trinajstić information content (AvgIpc) is 3.26. The Hall–Kier alpha value is -1.51. The fraction of sp³-hybridized carbons (Fsp3) is 0.250. The smallest absolute Gasteiger partial charge is 0.0544 e. The van der Waals surface area contributed by atoms with Crippen LogP contribution in [0.15, 0.2) is 85.3 Å². The highest BCUT2D eigenvalue weighted by atomic mass is 79.9. The lowest BCUT2D eigenvalue weighted by Gasteiger charge is -2.24. The molecule has 2 atom stereocenters. The van der Waals surface area contributed by atoms with Gasteiger partial charge >= 0.3 is 0 Å². The van der Waals surface area contributed by atoms with Crippen LogP contribution in [0, 0.1) is 0 Å². The molecule has 0 aromatic heterocycles. The minimum absolute atomic E-state index is 0.462. The average molecular weight is 421 g/mol. The fourth-order valence-corrected chi connectivity index (χ4v) is 6.87. The highest BCUT2D eigenvalue weighted by Crippen LogP contribution is 2.54. The van der Waals surface area contributed by atoms with Crippen LogP contribution in [0.25, 0.3) is 6.08 Å². The number of thioether (sulfide) groups is 1. The van der Waals surface area contributed by atoms with Gasteiger partial charge in [0, 0.05) is 10.4 Å². The molecule has 4 aliphatic rings. The van der Waals surface area contributed by atoms with Crippen molar-refractivity contribution in [3.05, 3.63) is 96.4 Å². The minimum Gasteiger partial charge on any atom is -0.118 e. The van der Waals surface area contributed by atoms with Crippen LogP contribution in [-0.2, 0) is 0 Å². The maximum absolute atomic E-state index is 3.95. The Labute approximate surface area is 168 Å². The van der Waals surface area contributed by atoms with Crippen molar-refractivity contribution >= 4 is 33.8 Å². The van der Waals surface area contributed by atoms with E-state index in [0.717, 1.165) is 6.42 Å². The predicted molar refractivity (Wildman–Crippen MR) is 117 cm³/mol. The number of fused-ring (bicyclic) bond motifs is 3. The maximum atomic E-state index is 3.95. The summed E-state index contributed by atoms with van der Waals surface area (Å²) in [5, 5.41) is 0.462. The molecule has 1 aliphatic heterocycles. The molecule has 5 rings (SSSR count). The zero-order valence-corrected chi connectivity index (χ0v) is 17.7.